The SMILES string of the molecule is CC1(C)CN(S(=O)(=O)N2CCCC2C(=O)O)CCO1. The van der Waals surface area contributed by atoms with E-state index in [-0.39, 0.29) is 19.6 Å². The first-order valence-electron chi connectivity index (χ1n) is 6.38. The smallest absolute Gasteiger partial charge is 0.322 e. The van der Waals surface area contributed by atoms with Gasteiger partial charge in [0.2, 0.25) is 0 Å². The average molecular weight is 292 g/mol. The van der Waals surface area contributed by atoms with Crippen LogP contribution in [0.2, 0.25) is 0 Å². The van der Waals surface area contributed by atoms with Crippen molar-refractivity contribution in [2.45, 2.75) is 38.3 Å². The molecule has 0 aromatic heterocycles. The minimum absolute atomic E-state index is 0.248. The van der Waals surface area contributed by atoms with E-state index in [9.17, 15) is 13.2 Å². The third-order valence-corrected chi connectivity index (χ3v) is 5.50. The Hall–Kier alpha value is -0.700. The van der Waals surface area contributed by atoms with Gasteiger partial charge in [0.15, 0.2) is 0 Å². The first-order chi connectivity index (χ1) is 8.74. The van der Waals surface area contributed by atoms with E-state index in [2.05, 4.69) is 0 Å². The molecule has 2 saturated heterocycles. The van der Waals surface area contributed by atoms with Crippen LogP contribution in [0.4, 0.5) is 0 Å². The van der Waals surface area contributed by atoms with Crippen molar-refractivity contribution in [2.75, 3.05) is 26.2 Å². The largest absolute Gasteiger partial charge is 0.480 e. The van der Waals surface area contributed by atoms with E-state index in [0.29, 0.717) is 19.4 Å². The molecule has 8 heteroatoms. The highest BCUT2D eigenvalue weighted by molar-refractivity contribution is 7.86. The fraction of sp³-hybridized carbons (Fsp3) is 0.909. The van der Waals surface area contributed by atoms with Crippen LogP contribution < -0.4 is 0 Å². The van der Waals surface area contributed by atoms with E-state index >= 15 is 0 Å². The standard InChI is InChI=1S/C11H20N2O5S/c1-11(2)8-12(6-7-18-11)19(16,17)13-5-3-4-9(13)10(14)15/h9H,3-8H2,1-2H3,(H,14,15). The summed E-state index contributed by atoms with van der Waals surface area (Å²) in [5.41, 5.74) is -0.538. The second-order valence-electron chi connectivity index (χ2n) is 5.56. The van der Waals surface area contributed by atoms with Crippen LogP contribution in [0.5, 0.6) is 0 Å². The Morgan fingerprint density at radius 1 is 1.37 bits per heavy atom. The normalized spacial score (nSPS) is 29.5. The summed E-state index contributed by atoms with van der Waals surface area (Å²) in [6.07, 6.45) is 0.965. The van der Waals surface area contributed by atoms with Crippen LogP contribution in [0.25, 0.3) is 0 Å². The molecule has 110 valence electrons. The molecule has 1 N–H and O–H groups in total. The summed E-state index contributed by atoms with van der Waals surface area (Å²) in [4.78, 5) is 11.1. The third kappa shape index (κ3) is 2.91. The van der Waals surface area contributed by atoms with E-state index in [4.69, 9.17) is 9.84 Å². The maximum Gasteiger partial charge on any atom is 0.322 e. The molecule has 1 atom stereocenters. The zero-order valence-electron chi connectivity index (χ0n) is 11.2. The topological polar surface area (TPSA) is 87.2 Å². The number of morpholine rings is 1. The van der Waals surface area contributed by atoms with Crippen LogP contribution in [0.15, 0.2) is 0 Å². The molecule has 0 bridgehead atoms. The molecule has 2 heterocycles. The fourth-order valence-corrected chi connectivity index (χ4v) is 4.53. The molecule has 7 nitrogen and oxygen atoms in total. The fourth-order valence-electron chi connectivity index (χ4n) is 2.58. The maximum absolute atomic E-state index is 12.5. The maximum atomic E-state index is 12.5. The van der Waals surface area contributed by atoms with Crippen molar-refractivity contribution in [1.29, 1.82) is 0 Å². The molecule has 2 aliphatic heterocycles. The molecular weight excluding hydrogens is 272 g/mol. The van der Waals surface area contributed by atoms with Crippen LogP contribution in [-0.4, -0.2) is 66.0 Å². The molecule has 0 amide bonds. The molecule has 0 aromatic rings. The number of aliphatic carboxylic acids is 1. The zero-order chi connectivity index (χ0) is 14.3. The lowest BCUT2D eigenvalue weighted by Gasteiger charge is -2.39. The summed E-state index contributed by atoms with van der Waals surface area (Å²) in [6, 6.07) is -0.934. The average Bonchev–Trinajstić information content (AvgIpc) is 2.77. The minimum Gasteiger partial charge on any atom is -0.480 e. The van der Waals surface area contributed by atoms with Crippen molar-refractivity contribution in [1.82, 2.24) is 8.61 Å². The van der Waals surface area contributed by atoms with Crippen molar-refractivity contribution in [3.05, 3.63) is 0 Å². The highest BCUT2D eigenvalue weighted by Gasteiger charge is 2.44. The van der Waals surface area contributed by atoms with Gasteiger partial charge >= 0.3 is 5.97 Å². The Labute approximate surface area is 113 Å². The monoisotopic (exact) mass is 292 g/mol. The first kappa shape index (κ1) is 14.7. The van der Waals surface area contributed by atoms with Crippen LogP contribution in [-0.2, 0) is 19.7 Å². The van der Waals surface area contributed by atoms with Gasteiger partial charge in [-0.05, 0) is 26.7 Å². The molecular formula is C11H20N2O5S. The molecule has 0 aromatic carbocycles. The lowest BCUT2D eigenvalue weighted by Crippen LogP contribution is -2.56. The number of carboxylic acids is 1. The molecule has 19 heavy (non-hydrogen) atoms. The van der Waals surface area contributed by atoms with E-state index in [1.165, 1.54) is 4.31 Å². The quantitative estimate of drug-likeness (QED) is 0.784. The van der Waals surface area contributed by atoms with Gasteiger partial charge in [0.05, 0.1) is 12.2 Å². The van der Waals surface area contributed by atoms with Crippen molar-refractivity contribution >= 4 is 16.2 Å². The number of nitrogens with zero attached hydrogens (tertiary/aromatic N) is 2. The van der Waals surface area contributed by atoms with Gasteiger partial charge in [0, 0.05) is 19.6 Å². The third-order valence-electron chi connectivity index (χ3n) is 3.50. The van der Waals surface area contributed by atoms with Gasteiger partial charge in [0.25, 0.3) is 10.2 Å². The molecule has 0 saturated carbocycles. The Balaban J connectivity index is 2.20. The molecule has 0 spiro atoms. The number of carboxylic acid groups (broad SMARTS) is 1. The lowest BCUT2D eigenvalue weighted by molar-refractivity contribution is -0.140. The highest BCUT2D eigenvalue weighted by atomic mass is 32.2. The Kier molecular flexibility index (Phi) is 3.87. The number of ether oxygens (including phenoxy) is 1. The Bertz CT molecular complexity index is 462. The predicted octanol–water partition coefficient (Wildman–Crippen LogP) is -0.109. The zero-order valence-corrected chi connectivity index (χ0v) is 12.0. The predicted molar refractivity (Wildman–Crippen MR) is 67.9 cm³/mol. The van der Waals surface area contributed by atoms with Crippen LogP contribution in [0, 0.1) is 0 Å². The van der Waals surface area contributed by atoms with Crippen molar-refractivity contribution < 1.29 is 23.1 Å². The van der Waals surface area contributed by atoms with Gasteiger partial charge in [-0.25, -0.2) is 0 Å². The molecule has 2 rings (SSSR count). The van der Waals surface area contributed by atoms with Crippen LogP contribution >= 0.6 is 0 Å². The van der Waals surface area contributed by atoms with Crippen LogP contribution in [0.1, 0.15) is 26.7 Å². The summed E-state index contributed by atoms with van der Waals surface area (Å²) in [6.45, 7) is 4.78. The van der Waals surface area contributed by atoms with Gasteiger partial charge in [0.1, 0.15) is 6.04 Å². The summed E-state index contributed by atoms with van der Waals surface area (Å²) in [7, 11) is -3.72. The number of hydrogen-bond donors (Lipinski definition) is 1. The second-order valence-corrected chi connectivity index (χ2v) is 7.44. The Morgan fingerprint density at radius 3 is 2.63 bits per heavy atom. The number of rotatable bonds is 3. The number of hydrogen-bond acceptors (Lipinski definition) is 4. The molecule has 2 fully saturated rings. The molecule has 0 radical (unpaired) electrons. The van der Waals surface area contributed by atoms with Gasteiger partial charge < -0.3 is 9.84 Å². The first-order valence-corrected chi connectivity index (χ1v) is 7.77. The number of carbonyl (C=O) groups is 1. The van der Waals surface area contributed by atoms with E-state index in [1.54, 1.807) is 0 Å². The summed E-state index contributed by atoms with van der Waals surface area (Å²) in [5.74, 6) is -1.08. The van der Waals surface area contributed by atoms with Crippen molar-refractivity contribution in [3.63, 3.8) is 0 Å². The van der Waals surface area contributed by atoms with E-state index in [0.717, 1.165) is 4.31 Å². The second kappa shape index (κ2) is 5.01. The van der Waals surface area contributed by atoms with Crippen molar-refractivity contribution in [2.24, 2.45) is 0 Å². The van der Waals surface area contributed by atoms with Gasteiger partial charge in [-0.15, -0.1) is 0 Å². The van der Waals surface area contributed by atoms with Gasteiger partial charge in [-0.1, -0.05) is 0 Å². The van der Waals surface area contributed by atoms with Crippen molar-refractivity contribution in [3.8, 4) is 0 Å². The Morgan fingerprint density at radius 2 is 2.05 bits per heavy atom. The van der Waals surface area contributed by atoms with Gasteiger partial charge in [-0.2, -0.15) is 17.0 Å². The van der Waals surface area contributed by atoms with Gasteiger partial charge in [-0.3, -0.25) is 4.79 Å². The van der Waals surface area contributed by atoms with E-state index in [1.807, 2.05) is 13.8 Å². The lowest BCUT2D eigenvalue weighted by atomic mass is 10.1. The highest BCUT2D eigenvalue weighted by Crippen LogP contribution is 2.26. The minimum atomic E-state index is -3.72. The molecule has 0 aliphatic carbocycles. The van der Waals surface area contributed by atoms with Crippen LogP contribution in [0.3, 0.4) is 0 Å². The summed E-state index contributed by atoms with van der Waals surface area (Å²) >= 11 is 0. The summed E-state index contributed by atoms with van der Waals surface area (Å²) < 4.78 is 33.0. The molecule has 1 unspecified atom stereocenters. The molecule has 2 aliphatic rings. The van der Waals surface area contributed by atoms with E-state index < -0.39 is 27.8 Å². The summed E-state index contributed by atoms with van der Waals surface area (Å²) in [5, 5.41) is 9.10.